The van der Waals surface area contributed by atoms with Gasteiger partial charge in [0.2, 0.25) is 5.95 Å². The highest BCUT2D eigenvalue weighted by atomic mass is 16.1. The lowest BCUT2D eigenvalue weighted by molar-refractivity contribution is 0.632. The van der Waals surface area contributed by atoms with Crippen LogP contribution in [0.25, 0.3) is 27.7 Å². The monoisotopic (exact) mass is 501 g/mol. The molecule has 0 radical (unpaired) electrons. The van der Waals surface area contributed by atoms with Crippen LogP contribution in [-0.4, -0.2) is 36.0 Å². The second-order valence-electron chi connectivity index (χ2n) is 9.10. The van der Waals surface area contributed by atoms with Gasteiger partial charge in [-0.1, -0.05) is 30.3 Å². The van der Waals surface area contributed by atoms with E-state index in [1.54, 1.807) is 23.9 Å². The van der Waals surface area contributed by atoms with E-state index in [0.29, 0.717) is 51.6 Å². The number of para-hydroxylation sites is 1. The summed E-state index contributed by atoms with van der Waals surface area (Å²) in [6, 6.07) is 17.0. The molecule has 6 rings (SSSR count). The molecule has 1 saturated heterocycles. The number of nitrogens with zero attached hydrogens (tertiary/aromatic N) is 8. The largest absolute Gasteiger partial charge is 0.368 e. The smallest absolute Gasteiger partial charge is 0.266 e. The van der Waals surface area contributed by atoms with Crippen LogP contribution >= 0.6 is 0 Å². The Morgan fingerprint density at radius 3 is 2.58 bits per heavy atom. The van der Waals surface area contributed by atoms with Crippen molar-refractivity contribution in [3.63, 3.8) is 0 Å². The van der Waals surface area contributed by atoms with Crippen molar-refractivity contribution < 1.29 is 0 Å². The molecule has 2 N–H and O–H groups in total. The van der Waals surface area contributed by atoms with Crippen molar-refractivity contribution in [2.75, 3.05) is 17.2 Å². The van der Waals surface area contributed by atoms with Crippen LogP contribution in [0.5, 0.6) is 0 Å². The van der Waals surface area contributed by atoms with Crippen molar-refractivity contribution in [3.8, 4) is 22.9 Å². The fourth-order valence-electron chi connectivity index (χ4n) is 5.18. The summed E-state index contributed by atoms with van der Waals surface area (Å²) in [5.41, 5.74) is 9.40. The number of nitrogen functional groups attached to an aromatic ring is 1. The van der Waals surface area contributed by atoms with Crippen molar-refractivity contribution in [1.29, 1.82) is 5.26 Å². The molecule has 186 valence electrons. The molecule has 5 aromatic rings. The van der Waals surface area contributed by atoms with Crippen molar-refractivity contribution in [2.24, 2.45) is 0 Å². The first-order valence-corrected chi connectivity index (χ1v) is 12.2. The Balaban J connectivity index is 1.63. The van der Waals surface area contributed by atoms with Crippen LogP contribution in [0, 0.1) is 18.3 Å². The molecule has 4 heterocycles. The lowest BCUT2D eigenvalue weighted by Gasteiger charge is -2.28. The molecule has 0 aliphatic carbocycles. The second-order valence-corrected chi connectivity index (χ2v) is 9.10. The topological polar surface area (TPSA) is 140 Å². The minimum Gasteiger partial charge on any atom is -0.368 e. The van der Waals surface area contributed by atoms with E-state index in [2.05, 4.69) is 26.0 Å². The predicted octanol–water partition coefficient (Wildman–Crippen LogP) is 3.74. The average molecular weight is 502 g/mol. The third kappa shape index (κ3) is 3.81. The van der Waals surface area contributed by atoms with Crippen LogP contribution in [0.1, 0.15) is 36.0 Å². The van der Waals surface area contributed by atoms with E-state index >= 15 is 0 Å². The van der Waals surface area contributed by atoms with E-state index in [1.165, 1.54) is 6.33 Å². The van der Waals surface area contributed by atoms with Gasteiger partial charge in [-0.2, -0.15) is 10.2 Å². The van der Waals surface area contributed by atoms with Crippen molar-refractivity contribution >= 4 is 22.7 Å². The quantitative estimate of drug-likeness (QED) is 0.390. The molecule has 2 aromatic carbocycles. The third-order valence-corrected chi connectivity index (χ3v) is 6.83. The van der Waals surface area contributed by atoms with Gasteiger partial charge in [0.25, 0.3) is 5.56 Å². The zero-order valence-electron chi connectivity index (χ0n) is 20.6. The third-order valence-electron chi connectivity index (χ3n) is 6.83. The fourth-order valence-corrected chi connectivity index (χ4v) is 5.18. The maximum atomic E-state index is 14.3. The van der Waals surface area contributed by atoms with E-state index < -0.39 is 0 Å². The van der Waals surface area contributed by atoms with Gasteiger partial charge < -0.3 is 10.6 Å². The van der Waals surface area contributed by atoms with E-state index in [0.717, 1.165) is 18.4 Å². The Morgan fingerprint density at radius 2 is 1.82 bits per heavy atom. The van der Waals surface area contributed by atoms with Gasteiger partial charge in [0.1, 0.15) is 23.8 Å². The number of hydrogen-bond donors (Lipinski definition) is 1. The molecule has 38 heavy (non-hydrogen) atoms. The number of fused-ring (bicyclic) bond motifs is 1. The molecule has 1 unspecified atom stereocenters. The van der Waals surface area contributed by atoms with Crippen LogP contribution in [0.15, 0.2) is 72.0 Å². The zero-order valence-corrected chi connectivity index (χ0v) is 20.6. The van der Waals surface area contributed by atoms with Gasteiger partial charge in [0.05, 0.1) is 28.3 Å². The summed E-state index contributed by atoms with van der Waals surface area (Å²) in [6.07, 6.45) is 6.39. The van der Waals surface area contributed by atoms with Crippen LogP contribution < -0.4 is 16.2 Å². The van der Waals surface area contributed by atoms with Crippen LogP contribution in [0.2, 0.25) is 0 Å². The summed E-state index contributed by atoms with van der Waals surface area (Å²) in [5, 5.41) is 10.4. The minimum atomic E-state index is -0.308. The minimum absolute atomic E-state index is 0.101. The number of benzene rings is 2. The molecule has 1 fully saturated rings. The molecule has 0 amide bonds. The maximum absolute atomic E-state index is 14.3. The van der Waals surface area contributed by atoms with Gasteiger partial charge in [-0.05, 0) is 43.5 Å². The first kappa shape index (κ1) is 23.2. The molecule has 1 aliphatic heterocycles. The molecule has 1 atom stereocenters. The molecule has 3 aromatic heterocycles. The predicted molar refractivity (Wildman–Crippen MR) is 144 cm³/mol. The number of anilines is 2. The van der Waals surface area contributed by atoms with Crippen molar-refractivity contribution in [1.82, 2.24) is 29.5 Å². The number of aromatic nitrogens is 6. The van der Waals surface area contributed by atoms with Crippen LogP contribution in [0.4, 0.5) is 11.8 Å². The number of rotatable bonds is 4. The molecule has 10 nitrogen and oxygen atoms in total. The summed E-state index contributed by atoms with van der Waals surface area (Å²) in [4.78, 5) is 38.3. The van der Waals surface area contributed by atoms with Crippen LogP contribution in [0.3, 0.4) is 0 Å². The number of hydrogen-bond acceptors (Lipinski definition) is 9. The summed E-state index contributed by atoms with van der Waals surface area (Å²) in [7, 11) is 0. The summed E-state index contributed by atoms with van der Waals surface area (Å²) < 4.78 is 1.67. The van der Waals surface area contributed by atoms with Crippen LogP contribution in [-0.2, 0) is 0 Å². The molecule has 0 bridgehead atoms. The Bertz CT molecular complexity index is 1760. The lowest BCUT2D eigenvalue weighted by Crippen LogP contribution is -2.32. The van der Waals surface area contributed by atoms with E-state index in [9.17, 15) is 10.1 Å². The average Bonchev–Trinajstić information content (AvgIpc) is 3.43. The van der Waals surface area contributed by atoms with Gasteiger partial charge in [-0.3, -0.25) is 9.36 Å². The fraction of sp³-hybridized carbons (Fsp3) is 0.179. The van der Waals surface area contributed by atoms with Crippen molar-refractivity contribution in [3.05, 3.63) is 94.7 Å². The highest BCUT2D eigenvalue weighted by molar-refractivity contribution is 5.94. The van der Waals surface area contributed by atoms with Crippen molar-refractivity contribution in [2.45, 2.75) is 25.8 Å². The van der Waals surface area contributed by atoms with Gasteiger partial charge in [0, 0.05) is 24.5 Å². The lowest BCUT2D eigenvalue weighted by atomic mass is 10.0. The zero-order chi connectivity index (χ0) is 26.2. The molecule has 10 heteroatoms. The Morgan fingerprint density at radius 1 is 1.03 bits per heavy atom. The first-order chi connectivity index (χ1) is 18.6. The Kier molecular flexibility index (Phi) is 5.73. The molecular weight excluding hydrogens is 478 g/mol. The van der Waals surface area contributed by atoms with Gasteiger partial charge in [-0.25, -0.2) is 19.9 Å². The van der Waals surface area contributed by atoms with E-state index in [1.807, 2.05) is 53.4 Å². The molecule has 0 saturated carbocycles. The second kappa shape index (κ2) is 9.37. The highest BCUT2D eigenvalue weighted by Crippen LogP contribution is 2.38. The highest BCUT2D eigenvalue weighted by Gasteiger charge is 2.34. The van der Waals surface area contributed by atoms with E-state index in [-0.39, 0.29) is 17.5 Å². The summed E-state index contributed by atoms with van der Waals surface area (Å²) in [5.74, 6) is 1.14. The summed E-state index contributed by atoms with van der Waals surface area (Å²) in [6.45, 7) is 2.38. The summed E-state index contributed by atoms with van der Waals surface area (Å²) >= 11 is 0. The molecular formula is C28H23N9O. The van der Waals surface area contributed by atoms with Gasteiger partial charge >= 0.3 is 0 Å². The first-order valence-electron chi connectivity index (χ1n) is 12.2. The van der Waals surface area contributed by atoms with Gasteiger partial charge in [-0.15, -0.1) is 0 Å². The standard InChI is InChI=1S/C28H23N9O/c1-17-21(13-29)25(35-28(30)33-17)36-12-6-11-23(36)26-34-22-10-5-9-20(18-14-31-16-32-15-18)24(22)27(38)37(26)19-7-3-2-4-8-19/h2-5,7-10,14-16,23H,6,11-12H2,1H3,(H2,30,33,35). The number of aryl methyl sites for hydroxylation is 1. The number of nitrogens with two attached hydrogens (primary N) is 1. The van der Waals surface area contributed by atoms with Gasteiger partial charge in [0.15, 0.2) is 5.82 Å². The Labute approximate surface area is 218 Å². The SMILES string of the molecule is Cc1nc(N)nc(N2CCCC2c2nc3cccc(-c4cncnc4)c3c(=O)n2-c2ccccc2)c1C#N. The van der Waals surface area contributed by atoms with E-state index in [4.69, 9.17) is 10.7 Å². The normalized spacial score (nSPS) is 15.1. The molecule has 0 spiro atoms. The number of nitriles is 1. The maximum Gasteiger partial charge on any atom is 0.266 e. The molecule has 1 aliphatic rings. The Hall–Kier alpha value is -5.17.